The number of nitrogens with one attached hydrogen (secondary N) is 1. The number of halogens is 3. The van der Waals surface area contributed by atoms with Gasteiger partial charge in [0.2, 0.25) is 0 Å². The number of nitrogens with zero attached hydrogens (tertiary/aromatic N) is 2. The van der Waals surface area contributed by atoms with E-state index in [0.717, 1.165) is 32.2 Å². The minimum absolute atomic E-state index is 0. The number of para-hydroxylation sites is 1. The molecule has 0 bridgehead atoms. The SMILES string of the molecule is CCOC(=O)c1[nH]c2c(-c3c(C)nn(CC(F)(F)F)c3CO)cccc2c1CCCOc1cccc2ccccc12.[HH]. The molecule has 0 saturated carbocycles. The average molecular weight is 568 g/mol. The molecule has 0 aliphatic carbocycles. The van der Waals surface area contributed by atoms with E-state index >= 15 is 0 Å². The van der Waals surface area contributed by atoms with Gasteiger partial charge in [0.1, 0.15) is 18.0 Å². The number of H-pyrrole nitrogens is 1. The van der Waals surface area contributed by atoms with Gasteiger partial charge in [0, 0.05) is 23.3 Å². The molecule has 2 aromatic heterocycles. The van der Waals surface area contributed by atoms with Crippen LogP contribution in [0.4, 0.5) is 13.2 Å². The van der Waals surface area contributed by atoms with E-state index in [1.165, 1.54) is 0 Å². The number of alkyl halides is 3. The minimum Gasteiger partial charge on any atom is -0.493 e. The van der Waals surface area contributed by atoms with Gasteiger partial charge in [-0.3, -0.25) is 4.68 Å². The highest BCUT2D eigenvalue weighted by Gasteiger charge is 2.31. The Balaban J connectivity index is 0.00000405. The Kier molecular flexibility index (Phi) is 8.03. The Bertz CT molecular complexity index is 1710. The van der Waals surface area contributed by atoms with E-state index in [1.54, 1.807) is 26.0 Å². The third-order valence-corrected chi connectivity index (χ3v) is 6.98. The van der Waals surface area contributed by atoms with Crippen molar-refractivity contribution < 1.29 is 34.0 Å². The van der Waals surface area contributed by atoms with Crippen LogP contribution in [0.15, 0.2) is 60.7 Å². The molecule has 41 heavy (non-hydrogen) atoms. The van der Waals surface area contributed by atoms with Crippen molar-refractivity contribution in [1.29, 1.82) is 0 Å². The summed E-state index contributed by atoms with van der Waals surface area (Å²) < 4.78 is 51.8. The monoisotopic (exact) mass is 567 g/mol. The van der Waals surface area contributed by atoms with Gasteiger partial charge in [-0.15, -0.1) is 0 Å². The fraction of sp³-hybridized carbons (Fsp3) is 0.290. The van der Waals surface area contributed by atoms with Crippen LogP contribution in [0.5, 0.6) is 5.75 Å². The largest absolute Gasteiger partial charge is 0.493 e. The van der Waals surface area contributed by atoms with Crippen molar-refractivity contribution in [2.75, 3.05) is 13.2 Å². The second-order valence-electron chi connectivity index (χ2n) is 9.69. The molecule has 0 fully saturated rings. The first-order chi connectivity index (χ1) is 19.7. The maximum Gasteiger partial charge on any atom is 0.408 e. The van der Waals surface area contributed by atoms with Gasteiger partial charge in [-0.2, -0.15) is 18.3 Å². The zero-order valence-corrected chi connectivity index (χ0v) is 22.7. The standard InChI is InChI=1S/C31H30F3N3O4.H2/c1-3-40-30(39)29-23(14-8-16-41-26-15-6-10-20-9-4-5-11-21(20)26)22-12-7-13-24(28(22)35-29)27-19(2)36-37(25(27)17-38)18-31(32,33)34;/h4-7,9-13,15,35,38H,3,8,14,16-18H2,1-2H3;1H. The van der Waals surface area contributed by atoms with Gasteiger partial charge in [0.15, 0.2) is 0 Å². The number of hydrogen-bond donors (Lipinski definition) is 2. The maximum absolute atomic E-state index is 13.2. The van der Waals surface area contributed by atoms with Gasteiger partial charge in [0.25, 0.3) is 0 Å². The third-order valence-electron chi connectivity index (χ3n) is 6.98. The first-order valence-electron chi connectivity index (χ1n) is 13.4. The first-order valence-corrected chi connectivity index (χ1v) is 13.4. The number of aliphatic hydroxyl groups is 1. The Morgan fingerprint density at radius 3 is 2.56 bits per heavy atom. The molecule has 0 spiro atoms. The Hall–Kier alpha value is -4.31. The van der Waals surface area contributed by atoms with E-state index in [0.29, 0.717) is 41.8 Å². The van der Waals surface area contributed by atoms with Crippen molar-refractivity contribution in [3.8, 4) is 16.9 Å². The van der Waals surface area contributed by atoms with E-state index < -0.39 is 25.3 Å². The summed E-state index contributed by atoms with van der Waals surface area (Å²) in [5, 5.41) is 16.9. The molecule has 0 aliphatic heterocycles. The number of fused-ring (bicyclic) bond motifs is 2. The number of benzene rings is 3. The molecule has 216 valence electrons. The van der Waals surface area contributed by atoms with E-state index in [1.807, 2.05) is 48.5 Å². The second-order valence-corrected chi connectivity index (χ2v) is 9.69. The lowest BCUT2D eigenvalue weighted by atomic mass is 9.98. The van der Waals surface area contributed by atoms with E-state index in [-0.39, 0.29) is 19.4 Å². The van der Waals surface area contributed by atoms with Gasteiger partial charge >= 0.3 is 12.1 Å². The molecular formula is C31H32F3N3O4. The number of aromatic nitrogens is 3. The molecule has 5 rings (SSSR count). The Labute approximate surface area is 236 Å². The van der Waals surface area contributed by atoms with Crippen LogP contribution in [-0.2, 0) is 24.3 Å². The molecule has 10 heteroatoms. The highest BCUT2D eigenvalue weighted by atomic mass is 19.4. The summed E-state index contributed by atoms with van der Waals surface area (Å²) in [6.07, 6.45) is -3.42. The molecule has 7 nitrogen and oxygen atoms in total. The van der Waals surface area contributed by atoms with Crippen LogP contribution >= 0.6 is 0 Å². The second kappa shape index (κ2) is 11.7. The molecule has 0 unspecified atom stereocenters. The van der Waals surface area contributed by atoms with Crippen LogP contribution in [-0.4, -0.2) is 45.2 Å². The summed E-state index contributed by atoms with van der Waals surface area (Å²) >= 11 is 0. The number of aliphatic hydroxyl groups excluding tert-OH is 1. The van der Waals surface area contributed by atoms with Crippen molar-refractivity contribution >= 4 is 27.6 Å². The molecular weight excluding hydrogens is 535 g/mol. The summed E-state index contributed by atoms with van der Waals surface area (Å²) in [5.74, 6) is 0.254. The number of carbonyl (C=O) groups excluding carboxylic acids is 1. The number of aromatic amines is 1. The zero-order valence-electron chi connectivity index (χ0n) is 22.7. The molecule has 0 aliphatic rings. The van der Waals surface area contributed by atoms with E-state index in [9.17, 15) is 23.1 Å². The summed E-state index contributed by atoms with van der Waals surface area (Å²) in [6.45, 7) is 1.95. The molecule has 0 radical (unpaired) electrons. The van der Waals surface area contributed by atoms with Crippen molar-refractivity contribution in [2.24, 2.45) is 0 Å². The van der Waals surface area contributed by atoms with Gasteiger partial charge < -0.3 is 19.6 Å². The lowest BCUT2D eigenvalue weighted by molar-refractivity contribution is -0.143. The number of aryl methyl sites for hydroxylation is 2. The smallest absolute Gasteiger partial charge is 0.408 e. The van der Waals surface area contributed by atoms with Crippen molar-refractivity contribution in [3.05, 3.63) is 83.3 Å². The van der Waals surface area contributed by atoms with Gasteiger partial charge in [0.05, 0.1) is 36.7 Å². The fourth-order valence-corrected chi connectivity index (χ4v) is 5.31. The van der Waals surface area contributed by atoms with E-state index in [4.69, 9.17) is 9.47 Å². The number of ether oxygens (including phenoxy) is 2. The quantitative estimate of drug-likeness (QED) is 0.140. The fourth-order valence-electron chi connectivity index (χ4n) is 5.31. The summed E-state index contributed by atoms with van der Waals surface area (Å²) in [6, 6.07) is 19.2. The van der Waals surface area contributed by atoms with Crippen LogP contribution < -0.4 is 4.74 Å². The Morgan fingerprint density at radius 2 is 1.80 bits per heavy atom. The summed E-state index contributed by atoms with van der Waals surface area (Å²) in [7, 11) is 0. The highest BCUT2D eigenvalue weighted by Crippen LogP contribution is 2.37. The van der Waals surface area contributed by atoms with Gasteiger partial charge in [-0.05, 0) is 43.7 Å². The van der Waals surface area contributed by atoms with Crippen LogP contribution in [0.25, 0.3) is 32.8 Å². The predicted molar refractivity (Wildman–Crippen MR) is 152 cm³/mol. The molecule has 0 atom stereocenters. The molecule has 2 N–H and O–H groups in total. The normalized spacial score (nSPS) is 11.9. The summed E-state index contributed by atoms with van der Waals surface area (Å²) in [4.78, 5) is 16.1. The first kappa shape index (κ1) is 28.2. The topological polar surface area (TPSA) is 89.4 Å². The molecule has 0 saturated heterocycles. The van der Waals surface area contributed by atoms with Crippen LogP contribution in [0, 0.1) is 6.92 Å². The Morgan fingerprint density at radius 1 is 1.07 bits per heavy atom. The highest BCUT2D eigenvalue weighted by molar-refractivity contribution is 6.04. The summed E-state index contributed by atoms with van der Waals surface area (Å²) in [5.41, 5.74) is 2.89. The predicted octanol–water partition coefficient (Wildman–Crippen LogP) is 6.98. The number of rotatable bonds is 10. The van der Waals surface area contributed by atoms with Crippen molar-refractivity contribution in [2.45, 2.75) is 46.0 Å². The number of esters is 1. The third kappa shape index (κ3) is 5.78. The van der Waals surface area contributed by atoms with Gasteiger partial charge in [-0.25, -0.2) is 4.79 Å². The minimum atomic E-state index is -4.50. The zero-order chi connectivity index (χ0) is 29.1. The molecule has 2 heterocycles. The van der Waals surface area contributed by atoms with Crippen molar-refractivity contribution in [3.63, 3.8) is 0 Å². The molecule has 0 amide bonds. The lowest BCUT2D eigenvalue weighted by Gasteiger charge is -2.11. The lowest BCUT2D eigenvalue weighted by Crippen LogP contribution is -2.20. The average Bonchev–Trinajstić information content (AvgIpc) is 3.46. The number of carbonyl (C=O) groups is 1. The van der Waals surface area contributed by atoms with Crippen LogP contribution in [0.2, 0.25) is 0 Å². The van der Waals surface area contributed by atoms with E-state index in [2.05, 4.69) is 10.1 Å². The number of hydrogen-bond acceptors (Lipinski definition) is 5. The maximum atomic E-state index is 13.2. The van der Waals surface area contributed by atoms with Crippen molar-refractivity contribution in [1.82, 2.24) is 14.8 Å². The van der Waals surface area contributed by atoms with Crippen LogP contribution in [0.3, 0.4) is 0 Å². The molecule has 5 aromatic rings. The van der Waals surface area contributed by atoms with Gasteiger partial charge in [-0.1, -0.05) is 54.6 Å². The van der Waals surface area contributed by atoms with Crippen LogP contribution in [0.1, 0.15) is 42.2 Å². The molecule has 3 aromatic carbocycles.